The van der Waals surface area contributed by atoms with E-state index in [4.69, 9.17) is 0 Å². The maximum atomic E-state index is 13.1. The van der Waals surface area contributed by atoms with Gasteiger partial charge in [-0.15, -0.1) is 6.58 Å². The van der Waals surface area contributed by atoms with Crippen LogP contribution < -0.4 is 0 Å². The highest BCUT2D eigenvalue weighted by Crippen LogP contribution is 2.21. The van der Waals surface area contributed by atoms with Gasteiger partial charge in [-0.1, -0.05) is 78.9 Å². The molecule has 0 saturated heterocycles. The van der Waals surface area contributed by atoms with Crippen molar-refractivity contribution in [3.63, 3.8) is 0 Å². The molecule has 1 unspecified atom stereocenters. The molecule has 158 valence electrons. The minimum atomic E-state index is -0.821. The van der Waals surface area contributed by atoms with Gasteiger partial charge in [0.15, 0.2) is 0 Å². The Bertz CT molecular complexity index is 998. The van der Waals surface area contributed by atoms with Gasteiger partial charge in [0.05, 0.1) is 12.4 Å². The number of benzene rings is 3. The van der Waals surface area contributed by atoms with Gasteiger partial charge in [0, 0.05) is 6.42 Å². The van der Waals surface area contributed by atoms with Crippen LogP contribution in [0.5, 0.6) is 0 Å². The molecule has 0 aliphatic rings. The van der Waals surface area contributed by atoms with Crippen molar-refractivity contribution in [3.05, 3.63) is 108 Å². The van der Waals surface area contributed by atoms with Crippen LogP contribution >= 0.6 is 0 Å². The molecule has 0 spiro atoms. The fraction of sp³-hybridized carbons (Fsp3) is 0.214. The van der Waals surface area contributed by atoms with E-state index in [1.807, 2.05) is 42.5 Å². The Kier molecular flexibility index (Phi) is 8.48. The highest BCUT2D eigenvalue weighted by Gasteiger charge is 2.02. The molecule has 3 aromatic rings. The lowest BCUT2D eigenvalue weighted by atomic mass is 10.0. The van der Waals surface area contributed by atoms with E-state index in [9.17, 15) is 4.39 Å². The largest absolute Gasteiger partial charge is 0.247 e. The van der Waals surface area contributed by atoms with E-state index >= 15 is 0 Å². The van der Waals surface area contributed by atoms with E-state index in [0.717, 1.165) is 47.1 Å². The molecule has 3 aromatic carbocycles. The van der Waals surface area contributed by atoms with E-state index in [2.05, 4.69) is 53.2 Å². The van der Waals surface area contributed by atoms with Crippen molar-refractivity contribution >= 4 is 12.4 Å². The lowest BCUT2D eigenvalue weighted by Crippen LogP contribution is -1.97. The van der Waals surface area contributed by atoms with E-state index < -0.39 is 6.17 Å². The van der Waals surface area contributed by atoms with Crippen LogP contribution in [0.2, 0.25) is 0 Å². The number of halogens is 1. The molecule has 0 N–H and O–H groups in total. The Morgan fingerprint density at radius 1 is 0.774 bits per heavy atom. The van der Waals surface area contributed by atoms with Gasteiger partial charge >= 0.3 is 0 Å². The zero-order valence-corrected chi connectivity index (χ0v) is 18.0. The number of unbranched alkanes of at least 4 members (excludes halogenated alkanes) is 1. The summed E-state index contributed by atoms with van der Waals surface area (Å²) in [6.07, 6.45) is 8.34. The van der Waals surface area contributed by atoms with Gasteiger partial charge < -0.3 is 0 Å². The molecule has 3 heteroatoms. The third-order valence-electron chi connectivity index (χ3n) is 5.05. The van der Waals surface area contributed by atoms with E-state index in [1.54, 1.807) is 19.4 Å². The Morgan fingerprint density at radius 2 is 1.26 bits per heavy atom. The summed E-state index contributed by atoms with van der Waals surface area (Å²) in [5, 5.41) is 8.32. The smallest absolute Gasteiger partial charge is 0.101 e. The standard InChI is InChI=1S/C28H29FN2/c1-3-4-5-6-23-7-9-25(10-8-23)20-30-31-21-26-13-17-28(18-14-26)27-15-11-24(12-16-27)19-22(2)29/h3,7-18,20-22H,1,4-6,19H2,2H3/b30-20+,31-21+. The second kappa shape index (κ2) is 11.8. The molecule has 31 heavy (non-hydrogen) atoms. The highest BCUT2D eigenvalue weighted by atomic mass is 19.1. The van der Waals surface area contributed by atoms with Crippen LogP contribution in [-0.2, 0) is 12.8 Å². The topological polar surface area (TPSA) is 24.7 Å². The molecule has 0 aliphatic heterocycles. The summed E-state index contributed by atoms with van der Waals surface area (Å²) in [6, 6.07) is 24.6. The monoisotopic (exact) mass is 412 g/mol. The third kappa shape index (κ3) is 7.45. The number of nitrogens with zero attached hydrogens (tertiary/aromatic N) is 2. The Labute approximate surface area is 184 Å². The Hall–Kier alpha value is -3.33. The zero-order chi connectivity index (χ0) is 21.9. The molecule has 0 saturated carbocycles. The second-order valence-corrected chi connectivity index (χ2v) is 7.72. The van der Waals surface area contributed by atoms with Crippen molar-refractivity contribution < 1.29 is 4.39 Å². The van der Waals surface area contributed by atoms with Gasteiger partial charge in [-0.25, -0.2) is 4.39 Å². The van der Waals surface area contributed by atoms with Crippen LogP contribution in [0.1, 0.15) is 42.0 Å². The molecule has 1 atom stereocenters. The maximum Gasteiger partial charge on any atom is 0.101 e. The lowest BCUT2D eigenvalue weighted by molar-refractivity contribution is 0.360. The van der Waals surface area contributed by atoms with Crippen molar-refractivity contribution in [1.29, 1.82) is 0 Å². The van der Waals surface area contributed by atoms with Gasteiger partial charge in [-0.05, 0) is 59.6 Å². The molecule has 0 aliphatic carbocycles. The Morgan fingerprint density at radius 3 is 1.77 bits per heavy atom. The van der Waals surface area contributed by atoms with Crippen LogP contribution in [0.15, 0.2) is 95.7 Å². The number of allylic oxidation sites excluding steroid dienone is 1. The normalized spacial score (nSPS) is 12.5. The lowest BCUT2D eigenvalue weighted by Gasteiger charge is -2.05. The summed E-state index contributed by atoms with van der Waals surface area (Å²) in [5.74, 6) is 0. The summed E-state index contributed by atoms with van der Waals surface area (Å²) in [6.45, 7) is 5.34. The molecule has 0 radical (unpaired) electrons. The van der Waals surface area contributed by atoms with Crippen molar-refractivity contribution in [1.82, 2.24) is 0 Å². The molecule has 3 rings (SSSR count). The van der Waals surface area contributed by atoms with Crippen molar-refractivity contribution in [2.45, 2.75) is 38.8 Å². The van der Waals surface area contributed by atoms with E-state index in [-0.39, 0.29) is 0 Å². The number of rotatable bonds is 10. The quantitative estimate of drug-likeness (QED) is 0.145. The van der Waals surface area contributed by atoms with Gasteiger partial charge in [-0.3, -0.25) is 0 Å². The summed E-state index contributed by atoms with van der Waals surface area (Å²) < 4.78 is 13.1. The van der Waals surface area contributed by atoms with E-state index in [0.29, 0.717) is 6.42 Å². The fourth-order valence-electron chi connectivity index (χ4n) is 3.34. The first kappa shape index (κ1) is 22.4. The molecular weight excluding hydrogens is 383 g/mol. The molecule has 0 aromatic heterocycles. The number of hydrogen-bond acceptors (Lipinski definition) is 2. The summed E-state index contributed by atoms with van der Waals surface area (Å²) in [7, 11) is 0. The first-order chi connectivity index (χ1) is 15.1. The number of aryl methyl sites for hydroxylation is 1. The Balaban J connectivity index is 1.54. The zero-order valence-electron chi connectivity index (χ0n) is 18.0. The fourth-order valence-corrected chi connectivity index (χ4v) is 3.34. The first-order valence-corrected chi connectivity index (χ1v) is 10.7. The SMILES string of the molecule is C=CCCCc1ccc(/C=N/N=C/c2ccc(-c3ccc(CC(C)F)cc3)cc2)cc1. The maximum absolute atomic E-state index is 13.1. The third-order valence-corrected chi connectivity index (χ3v) is 5.05. The van der Waals surface area contributed by atoms with Gasteiger partial charge in [-0.2, -0.15) is 10.2 Å². The van der Waals surface area contributed by atoms with E-state index in [1.165, 1.54) is 5.56 Å². The minimum Gasteiger partial charge on any atom is -0.247 e. The molecule has 0 bridgehead atoms. The number of hydrogen-bond donors (Lipinski definition) is 0. The van der Waals surface area contributed by atoms with Crippen LogP contribution in [-0.4, -0.2) is 18.6 Å². The van der Waals surface area contributed by atoms with Crippen molar-refractivity contribution in [2.75, 3.05) is 0 Å². The van der Waals surface area contributed by atoms with Crippen LogP contribution in [0, 0.1) is 0 Å². The van der Waals surface area contributed by atoms with Gasteiger partial charge in [0.25, 0.3) is 0 Å². The predicted molar refractivity (Wildman–Crippen MR) is 131 cm³/mol. The van der Waals surface area contributed by atoms with Crippen molar-refractivity contribution in [3.8, 4) is 11.1 Å². The first-order valence-electron chi connectivity index (χ1n) is 10.7. The molecule has 2 nitrogen and oxygen atoms in total. The molecular formula is C28H29FN2. The van der Waals surface area contributed by atoms with Gasteiger partial charge in [0.2, 0.25) is 0 Å². The predicted octanol–water partition coefficient (Wildman–Crippen LogP) is 7.22. The summed E-state index contributed by atoms with van der Waals surface area (Å²) in [4.78, 5) is 0. The van der Waals surface area contributed by atoms with Crippen molar-refractivity contribution in [2.24, 2.45) is 10.2 Å². The molecule has 0 fully saturated rings. The van der Waals surface area contributed by atoms with Gasteiger partial charge in [0.1, 0.15) is 6.17 Å². The highest BCUT2D eigenvalue weighted by molar-refractivity contribution is 5.83. The van der Waals surface area contributed by atoms with Crippen LogP contribution in [0.25, 0.3) is 11.1 Å². The van der Waals surface area contributed by atoms with Crippen LogP contribution in [0.3, 0.4) is 0 Å². The minimum absolute atomic E-state index is 0.454. The number of alkyl halides is 1. The van der Waals surface area contributed by atoms with Crippen LogP contribution in [0.4, 0.5) is 4.39 Å². The second-order valence-electron chi connectivity index (χ2n) is 7.72. The summed E-state index contributed by atoms with van der Waals surface area (Å²) in [5.41, 5.74) is 6.60. The summed E-state index contributed by atoms with van der Waals surface area (Å²) >= 11 is 0. The average Bonchev–Trinajstić information content (AvgIpc) is 2.78. The average molecular weight is 413 g/mol. The molecule has 0 amide bonds. The molecule has 0 heterocycles.